The minimum atomic E-state index is -0.801. The maximum Gasteiger partial charge on any atom is 0.321 e. The molecule has 0 saturated heterocycles. The van der Waals surface area contributed by atoms with Crippen LogP contribution in [0.5, 0.6) is 0 Å². The number of hydrogen-bond acceptors (Lipinski definition) is 2. The summed E-state index contributed by atoms with van der Waals surface area (Å²) < 4.78 is 0. The maximum atomic E-state index is 11.4. The molecule has 0 saturated carbocycles. The SMILES string of the molecule is CC1=CCc2cccc3[nH]cc(c23)CC(C(=O)O)NC1. The predicted octanol–water partition coefficient (Wildman–Crippen LogP) is 2.26. The Morgan fingerprint density at radius 3 is 3.00 bits per heavy atom. The Balaban J connectivity index is 2.13. The van der Waals surface area contributed by atoms with Crippen LogP contribution in [-0.2, 0) is 17.6 Å². The van der Waals surface area contributed by atoms with Gasteiger partial charge in [-0.3, -0.25) is 4.79 Å². The molecule has 1 aliphatic heterocycles. The van der Waals surface area contributed by atoms with E-state index in [2.05, 4.69) is 22.4 Å². The molecule has 1 aromatic carbocycles. The molecule has 1 aliphatic rings. The van der Waals surface area contributed by atoms with E-state index in [9.17, 15) is 9.90 Å². The first kappa shape index (κ1) is 12.9. The lowest BCUT2D eigenvalue weighted by Crippen LogP contribution is -2.39. The van der Waals surface area contributed by atoms with E-state index in [0.717, 1.165) is 17.5 Å². The van der Waals surface area contributed by atoms with E-state index in [1.54, 1.807) is 0 Å². The molecule has 2 aromatic rings. The van der Waals surface area contributed by atoms with E-state index in [0.29, 0.717) is 13.0 Å². The summed E-state index contributed by atoms with van der Waals surface area (Å²) in [7, 11) is 0. The van der Waals surface area contributed by atoms with Crippen molar-refractivity contribution in [2.75, 3.05) is 6.54 Å². The van der Waals surface area contributed by atoms with Crippen LogP contribution in [0.2, 0.25) is 0 Å². The van der Waals surface area contributed by atoms with Gasteiger partial charge in [0.2, 0.25) is 0 Å². The van der Waals surface area contributed by atoms with Crippen molar-refractivity contribution in [3.8, 4) is 0 Å². The first-order valence-electron chi connectivity index (χ1n) is 6.85. The van der Waals surface area contributed by atoms with Gasteiger partial charge in [0.05, 0.1) is 0 Å². The molecule has 1 aromatic heterocycles. The molecule has 0 radical (unpaired) electrons. The third-order valence-electron chi connectivity index (χ3n) is 3.89. The van der Waals surface area contributed by atoms with Gasteiger partial charge in [-0.1, -0.05) is 23.8 Å². The van der Waals surface area contributed by atoms with Crippen LogP contribution in [0.3, 0.4) is 0 Å². The second-order valence-electron chi connectivity index (χ2n) is 5.38. The summed E-state index contributed by atoms with van der Waals surface area (Å²) in [6.45, 7) is 2.65. The minimum absolute atomic E-state index is 0.500. The second kappa shape index (κ2) is 5.13. The predicted molar refractivity (Wildman–Crippen MR) is 78.9 cm³/mol. The Labute approximate surface area is 117 Å². The monoisotopic (exact) mass is 270 g/mol. The number of rotatable bonds is 1. The van der Waals surface area contributed by atoms with Gasteiger partial charge in [0.25, 0.3) is 0 Å². The Kier molecular flexibility index (Phi) is 3.32. The second-order valence-corrected chi connectivity index (χ2v) is 5.38. The largest absolute Gasteiger partial charge is 0.480 e. The highest BCUT2D eigenvalue weighted by Gasteiger charge is 2.20. The van der Waals surface area contributed by atoms with Crippen LogP contribution in [-0.4, -0.2) is 28.6 Å². The lowest BCUT2D eigenvalue weighted by Gasteiger charge is -2.16. The average molecular weight is 270 g/mol. The number of benzene rings is 1. The van der Waals surface area contributed by atoms with Crippen LogP contribution in [0.25, 0.3) is 10.9 Å². The number of carboxylic acids is 1. The summed E-state index contributed by atoms with van der Waals surface area (Å²) in [4.78, 5) is 14.6. The lowest BCUT2D eigenvalue weighted by atomic mass is 9.97. The fourth-order valence-electron chi connectivity index (χ4n) is 2.77. The highest BCUT2D eigenvalue weighted by atomic mass is 16.4. The van der Waals surface area contributed by atoms with Crippen molar-refractivity contribution in [2.45, 2.75) is 25.8 Å². The van der Waals surface area contributed by atoms with E-state index in [1.165, 1.54) is 16.5 Å². The summed E-state index contributed by atoms with van der Waals surface area (Å²) in [5.41, 5.74) is 4.58. The molecule has 20 heavy (non-hydrogen) atoms. The Hall–Kier alpha value is -2.07. The Morgan fingerprint density at radius 1 is 1.35 bits per heavy atom. The quantitative estimate of drug-likeness (QED) is 0.696. The van der Waals surface area contributed by atoms with Crippen LogP contribution in [0.1, 0.15) is 18.1 Å². The van der Waals surface area contributed by atoms with Gasteiger partial charge in [-0.2, -0.15) is 0 Å². The number of carboxylic acid groups (broad SMARTS) is 1. The van der Waals surface area contributed by atoms with Crippen molar-refractivity contribution in [3.05, 3.63) is 47.2 Å². The first-order valence-corrected chi connectivity index (χ1v) is 6.85. The van der Waals surface area contributed by atoms with E-state index in [4.69, 9.17) is 0 Å². The highest BCUT2D eigenvalue weighted by molar-refractivity contribution is 5.87. The number of allylic oxidation sites excluding steroid dienone is 1. The third-order valence-corrected chi connectivity index (χ3v) is 3.89. The Bertz CT molecular complexity index is 685. The fourth-order valence-corrected chi connectivity index (χ4v) is 2.77. The number of H-pyrrole nitrogens is 1. The van der Waals surface area contributed by atoms with Gasteiger partial charge in [-0.15, -0.1) is 0 Å². The molecule has 4 heteroatoms. The van der Waals surface area contributed by atoms with Crippen molar-refractivity contribution in [2.24, 2.45) is 0 Å². The van der Waals surface area contributed by atoms with E-state index < -0.39 is 12.0 Å². The van der Waals surface area contributed by atoms with Gasteiger partial charge >= 0.3 is 5.97 Å². The summed E-state index contributed by atoms with van der Waals surface area (Å²) in [5.74, 6) is -0.801. The van der Waals surface area contributed by atoms with Gasteiger partial charge < -0.3 is 15.4 Å². The molecule has 0 amide bonds. The van der Waals surface area contributed by atoms with E-state index >= 15 is 0 Å². The zero-order valence-corrected chi connectivity index (χ0v) is 11.4. The number of hydrogen-bond donors (Lipinski definition) is 3. The molecule has 0 fully saturated rings. The molecule has 0 aliphatic carbocycles. The van der Waals surface area contributed by atoms with Gasteiger partial charge in [0.1, 0.15) is 6.04 Å². The van der Waals surface area contributed by atoms with Crippen LogP contribution in [0.4, 0.5) is 0 Å². The first-order chi connectivity index (χ1) is 9.65. The maximum absolute atomic E-state index is 11.4. The van der Waals surface area contributed by atoms with E-state index in [-0.39, 0.29) is 0 Å². The van der Waals surface area contributed by atoms with Crippen molar-refractivity contribution < 1.29 is 9.90 Å². The lowest BCUT2D eigenvalue weighted by molar-refractivity contribution is -0.139. The van der Waals surface area contributed by atoms with E-state index in [1.807, 2.05) is 25.3 Å². The number of aromatic amines is 1. The van der Waals surface area contributed by atoms with Crippen LogP contribution in [0.15, 0.2) is 36.0 Å². The summed E-state index contributed by atoms with van der Waals surface area (Å²) in [6.07, 6.45) is 5.49. The zero-order valence-electron chi connectivity index (χ0n) is 11.4. The zero-order chi connectivity index (χ0) is 14.1. The van der Waals surface area contributed by atoms with Gasteiger partial charge in [0.15, 0.2) is 0 Å². The molecule has 1 unspecified atom stereocenters. The molecule has 104 valence electrons. The number of carbonyl (C=O) groups is 1. The smallest absolute Gasteiger partial charge is 0.321 e. The van der Waals surface area contributed by atoms with Crippen LogP contribution < -0.4 is 5.32 Å². The summed E-state index contributed by atoms with van der Waals surface area (Å²) >= 11 is 0. The van der Waals surface area contributed by atoms with Crippen molar-refractivity contribution >= 4 is 16.9 Å². The molecule has 2 heterocycles. The topological polar surface area (TPSA) is 65.1 Å². The molecule has 0 bridgehead atoms. The number of aromatic nitrogens is 1. The molecule has 0 spiro atoms. The highest BCUT2D eigenvalue weighted by Crippen LogP contribution is 2.25. The van der Waals surface area contributed by atoms with Gasteiger partial charge in [-0.25, -0.2) is 0 Å². The van der Waals surface area contributed by atoms with Gasteiger partial charge in [0, 0.05) is 30.1 Å². The Morgan fingerprint density at radius 2 is 2.20 bits per heavy atom. The number of nitrogens with one attached hydrogen (secondary N) is 2. The third kappa shape index (κ3) is 2.34. The number of aliphatic carboxylic acids is 1. The summed E-state index contributed by atoms with van der Waals surface area (Å²) in [6, 6.07) is 5.64. The molecule has 3 N–H and O–H groups in total. The minimum Gasteiger partial charge on any atom is -0.480 e. The normalized spacial score (nSPS) is 19.6. The standard InChI is InChI=1S/C16H18N2O2/c1-10-5-6-11-3-2-4-13-15(11)12(9-18-13)7-14(16(19)20)17-8-10/h2-5,9,14,17-18H,6-8H2,1H3,(H,19,20). The van der Waals surface area contributed by atoms with Crippen LogP contribution in [0, 0.1) is 0 Å². The molecular formula is C16H18N2O2. The van der Waals surface area contributed by atoms with Crippen molar-refractivity contribution in [1.29, 1.82) is 0 Å². The molecule has 3 rings (SSSR count). The summed E-state index contributed by atoms with van der Waals surface area (Å²) in [5, 5.41) is 13.6. The van der Waals surface area contributed by atoms with Crippen molar-refractivity contribution in [3.63, 3.8) is 0 Å². The van der Waals surface area contributed by atoms with Crippen molar-refractivity contribution in [1.82, 2.24) is 10.3 Å². The average Bonchev–Trinajstić information content (AvgIpc) is 2.84. The molecule has 1 atom stereocenters. The fraction of sp³-hybridized carbons (Fsp3) is 0.312. The molecular weight excluding hydrogens is 252 g/mol. The van der Waals surface area contributed by atoms with Crippen LogP contribution >= 0.6 is 0 Å². The molecule has 4 nitrogen and oxygen atoms in total. The van der Waals surface area contributed by atoms with Gasteiger partial charge in [-0.05, 0) is 30.5 Å².